The number of hydrogen-bond donors (Lipinski definition) is 0. The van der Waals surface area contributed by atoms with Crippen molar-refractivity contribution in [3.05, 3.63) is 0 Å². The van der Waals surface area contributed by atoms with Gasteiger partial charge in [-0.25, -0.2) is 0 Å². The van der Waals surface area contributed by atoms with Crippen molar-refractivity contribution in [3.63, 3.8) is 0 Å². The molecule has 0 aromatic carbocycles. The van der Waals surface area contributed by atoms with Crippen LogP contribution in [0.3, 0.4) is 0 Å². The maximum atomic E-state index is 11.1. The molecule has 0 spiro atoms. The minimum atomic E-state index is -0.754. The Balaban J connectivity index is 3.56. The Bertz CT molecular complexity index is 136. The first-order chi connectivity index (χ1) is 5.57. The lowest BCUT2D eigenvalue weighted by Gasteiger charge is -2.12. The normalized spacial score (nSPS) is 14.1. The first kappa shape index (κ1) is 11.6. The molecule has 4 heteroatoms. The van der Waals surface area contributed by atoms with E-state index < -0.39 is 9.76 Å². The average Bonchev–Trinajstić information content (AvgIpc) is 2.00. The van der Waals surface area contributed by atoms with Crippen molar-refractivity contribution in [1.29, 1.82) is 0 Å². The van der Waals surface area contributed by atoms with Crippen molar-refractivity contribution in [3.8, 4) is 0 Å². The zero-order valence-electron chi connectivity index (χ0n) is 8.29. The number of carbonyl (C=O) groups is 1. The largest absolute Gasteiger partial charge is 0.466 e. The number of rotatable bonds is 5. The fraction of sp³-hybridized carbons (Fsp3) is 0.875. The summed E-state index contributed by atoms with van der Waals surface area (Å²) in [4.78, 5) is 11.1. The first-order valence-electron chi connectivity index (χ1n) is 4.36. The summed E-state index contributed by atoms with van der Waals surface area (Å²) >= 11 is 0. The zero-order chi connectivity index (χ0) is 9.56. The van der Waals surface area contributed by atoms with Crippen LogP contribution in [0.15, 0.2) is 0 Å². The van der Waals surface area contributed by atoms with Crippen molar-refractivity contribution in [2.24, 2.45) is 0 Å². The van der Waals surface area contributed by atoms with E-state index in [1.165, 1.54) is 0 Å². The summed E-state index contributed by atoms with van der Waals surface area (Å²) in [7, 11) is -0.754. The summed E-state index contributed by atoms with van der Waals surface area (Å²) in [6.45, 7) is 8.09. The molecule has 12 heavy (non-hydrogen) atoms. The van der Waals surface area contributed by atoms with Gasteiger partial charge >= 0.3 is 5.97 Å². The summed E-state index contributed by atoms with van der Waals surface area (Å²) in [5, 5.41) is 0. The SMILES string of the molecule is CCOC(=O)C(C)[SiH2]OC(C)C. The second kappa shape index (κ2) is 6.19. The molecule has 0 rings (SSSR count). The van der Waals surface area contributed by atoms with Gasteiger partial charge in [-0.15, -0.1) is 0 Å². The van der Waals surface area contributed by atoms with Crippen molar-refractivity contribution >= 4 is 15.7 Å². The van der Waals surface area contributed by atoms with Crippen LogP contribution in [0.4, 0.5) is 0 Å². The van der Waals surface area contributed by atoms with E-state index in [1.54, 1.807) is 0 Å². The van der Waals surface area contributed by atoms with Gasteiger partial charge in [-0.2, -0.15) is 0 Å². The van der Waals surface area contributed by atoms with Crippen LogP contribution in [0.5, 0.6) is 0 Å². The van der Waals surface area contributed by atoms with Crippen molar-refractivity contribution in [1.82, 2.24) is 0 Å². The first-order valence-corrected chi connectivity index (χ1v) is 5.75. The van der Waals surface area contributed by atoms with E-state index in [0.29, 0.717) is 6.61 Å². The summed E-state index contributed by atoms with van der Waals surface area (Å²) in [6, 6.07) is 0. The minimum Gasteiger partial charge on any atom is -0.466 e. The topological polar surface area (TPSA) is 35.5 Å². The Labute approximate surface area is 76.4 Å². The van der Waals surface area contributed by atoms with E-state index in [2.05, 4.69) is 0 Å². The second-order valence-corrected chi connectivity index (χ2v) is 4.93. The summed E-state index contributed by atoms with van der Waals surface area (Å²) in [5.74, 6) is -0.121. The molecular weight excluding hydrogens is 172 g/mol. The average molecular weight is 190 g/mol. The van der Waals surface area contributed by atoms with Crippen LogP contribution in [0.2, 0.25) is 5.54 Å². The lowest BCUT2D eigenvalue weighted by atomic mass is 10.5. The van der Waals surface area contributed by atoms with Crippen LogP contribution in [-0.4, -0.2) is 28.4 Å². The summed E-state index contributed by atoms with van der Waals surface area (Å²) < 4.78 is 10.3. The van der Waals surface area contributed by atoms with E-state index in [9.17, 15) is 4.79 Å². The molecule has 0 saturated carbocycles. The lowest BCUT2D eigenvalue weighted by Crippen LogP contribution is -2.20. The molecule has 0 saturated heterocycles. The van der Waals surface area contributed by atoms with Gasteiger partial charge in [0, 0.05) is 6.10 Å². The Hall–Kier alpha value is -0.353. The number of ether oxygens (including phenoxy) is 1. The molecule has 0 N–H and O–H groups in total. The predicted molar refractivity (Wildman–Crippen MR) is 50.8 cm³/mol. The Morgan fingerprint density at radius 3 is 2.42 bits per heavy atom. The molecule has 72 valence electrons. The van der Waals surface area contributed by atoms with Crippen LogP contribution in [0.1, 0.15) is 27.7 Å². The molecule has 3 nitrogen and oxygen atoms in total. The highest BCUT2D eigenvalue weighted by atomic mass is 28.2. The van der Waals surface area contributed by atoms with Crippen LogP contribution in [0, 0.1) is 0 Å². The van der Waals surface area contributed by atoms with E-state index in [-0.39, 0.29) is 17.6 Å². The number of esters is 1. The van der Waals surface area contributed by atoms with Gasteiger partial charge in [0.15, 0.2) is 9.76 Å². The molecule has 0 bridgehead atoms. The summed E-state index contributed by atoms with van der Waals surface area (Å²) in [5.41, 5.74) is -0.0210. The Morgan fingerprint density at radius 1 is 1.42 bits per heavy atom. The van der Waals surface area contributed by atoms with E-state index >= 15 is 0 Å². The highest BCUT2D eigenvalue weighted by Crippen LogP contribution is 2.05. The third-order valence-electron chi connectivity index (χ3n) is 1.37. The van der Waals surface area contributed by atoms with Gasteiger partial charge in [0.1, 0.15) is 0 Å². The van der Waals surface area contributed by atoms with Crippen LogP contribution in [0.25, 0.3) is 0 Å². The minimum absolute atomic E-state index is 0.0210. The molecule has 0 aromatic heterocycles. The fourth-order valence-corrected chi connectivity index (χ4v) is 1.62. The van der Waals surface area contributed by atoms with Gasteiger partial charge in [0.25, 0.3) is 0 Å². The molecule has 0 amide bonds. The van der Waals surface area contributed by atoms with Crippen molar-refractivity contribution in [2.45, 2.75) is 39.3 Å². The van der Waals surface area contributed by atoms with E-state index in [1.807, 2.05) is 27.7 Å². The van der Waals surface area contributed by atoms with Gasteiger partial charge in [-0.1, -0.05) is 6.92 Å². The Morgan fingerprint density at radius 2 is 2.00 bits per heavy atom. The van der Waals surface area contributed by atoms with Gasteiger partial charge in [-0.3, -0.25) is 4.79 Å². The number of hydrogen-bond acceptors (Lipinski definition) is 3. The smallest absolute Gasteiger partial charge is 0.307 e. The lowest BCUT2D eigenvalue weighted by molar-refractivity contribution is -0.142. The van der Waals surface area contributed by atoms with E-state index in [0.717, 1.165) is 0 Å². The van der Waals surface area contributed by atoms with Crippen LogP contribution < -0.4 is 0 Å². The molecule has 0 heterocycles. The highest BCUT2D eigenvalue weighted by molar-refractivity contribution is 6.36. The zero-order valence-corrected chi connectivity index (χ0v) is 9.71. The molecule has 1 unspecified atom stereocenters. The third kappa shape index (κ3) is 5.32. The van der Waals surface area contributed by atoms with Gasteiger partial charge in [-0.05, 0) is 20.8 Å². The standard InChI is InChI=1S/C8H18O3Si/c1-5-10-8(9)7(4)12-11-6(2)3/h6-7H,5,12H2,1-4H3. The van der Waals surface area contributed by atoms with Crippen LogP contribution >= 0.6 is 0 Å². The second-order valence-electron chi connectivity index (χ2n) is 3.04. The predicted octanol–water partition coefficient (Wildman–Crippen LogP) is 0.867. The fourth-order valence-electron chi connectivity index (χ4n) is 0.689. The molecule has 0 fully saturated rings. The van der Waals surface area contributed by atoms with Crippen molar-refractivity contribution < 1.29 is 14.0 Å². The third-order valence-corrected chi connectivity index (χ3v) is 3.06. The highest BCUT2D eigenvalue weighted by Gasteiger charge is 2.15. The van der Waals surface area contributed by atoms with Gasteiger partial charge in [0.05, 0.1) is 12.1 Å². The maximum Gasteiger partial charge on any atom is 0.307 e. The molecule has 0 aliphatic carbocycles. The van der Waals surface area contributed by atoms with Crippen molar-refractivity contribution in [2.75, 3.05) is 6.61 Å². The monoisotopic (exact) mass is 190 g/mol. The molecule has 0 aliphatic rings. The molecular formula is C8H18O3Si. The quantitative estimate of drug-likeness (QED) is 0.476. The molecule has 0 aromatic rings. The van der Waals surface area contributed by atoms with E-state index in [4.69, 9.17) is 9.16 Å². The van der Waals surface area contributed by atoms with Gasteiger partial charge in [0.2, 0.25) is 0 Å². The molecule has 1 atom stereocenters. The molecule has 0 aliphatic heterocycles. The van der Waals surface area contributed by atoms with Gasteiger partial charge < -0.3 is 9.16 Å². The number of carbonyl (C=O) groups excluding carboxylic acids is 1. The Kier molecular flexibility index (Phi) is 6.01. The summed E-state index contributed by atoms with van der Waals surface area (Å²) in [6.07, 6.45) is 0.230. The maximum absolute atomic E-state index is 11.1. The molecule has 0 radical (unpaired) electrons. The van der Waals surface area contributed by atoms with Crippen LogP contribution in [-0.2, 0) is 14.0 Å².